The summed E-state index contributed by atoms with van der Waals surface area (Å²) in [7, 11) is -3.64. The van der Waals surface area contributed by atoms with Gasteiger partial charge in [0.05, 0.1) is 10.8 Å². The Bertz CT molecular complexity index is 1160. The van der Waals surface area contributed by atoms with E-state index in [1.807, 2.05) is 30.3 Å². The summed E-state index contributed by atoms with van der Waals surface area (Å²) in [6, 6.07) is 20.3. The third-order valence-electron chi connectivity index (χ3n) is 5.49. The highest BCUT2D eigenvalue weighted by molar-refractivity contribution is 7.89. The van der Waals surface area contributed by atoms with Crippen LogP contribution in [0.15, 0.2) is 71.6 Å². The molecule has 0 aliphatic carbocycles. The summed E-state index contributed by atoms with van der Waals surface area (Å²) in [5.74, 6) is -0.472. The second kappa shape index (κ2) is 8.76. The van der Waals surface area contributed by atoms with Crippen molar-refractivity contribution in [3.05, 3.63) is 77.3 Å². The summed E-state index contributed by atoms with van der Waals surface area (Å²) in [6.45, 7) is 1.03. The number of rotatable bonds is 5. The van der Waals surface area contributed by atoms with E-state index in [1.165, 1.54) is 16.4 Å². The second-order valence-electron chi connectivity index (χ2n) is 7.56. The van der Waals surface area contributed by atoms with Gasteiger partial charge < -0.3 is 5.32 Å². The maximum atomic E-state index is 12.9. The fraction of sp³-hybridized carbons (Fsp3) is 0.261. The van der Waals surface area contributed by atoms with Gasteiger partial charge in [-0.05, 0) is 59.5 Å². The number of amides is 1. The van der Waals surface area contributed by atoms with Gasteiger partial charge in [0.15, 0.2) is 0 Å². The Hall–Kier alpha value is -2.41. The van der Waals surface area contributed by atoms with Crippen molar-refractivity contribution in [3.8, 4) is 0 Å². The van der Waals surface area contributed by atoms with Gasteiger partial charge in [-0.15, -0.1) is 0 Å². The van der Waals surface area contributed by atoms with Gasteiger partial charge in [-0.1, -0.05) is 48.0 Å². The van der Waals surface area contributed by atoms with Crippen molar-refractivity contribution in [3.63, 3.8) is 0 Å². The summed E-state index contributed by atoms with van der Waals surface area (Å²) in [4.78, 5) is 12.9. The highest BCUT2D eigenvalue weighted by Gasteiger charge is 2.33. The van der Waals surface area contributed by atoms with Crippen LogP contribution >= 0.6 is 11.6 Å². The lowest BCUT2D eigenvalue weighted by Crippen LogP contribution is -2.45. The van der Waals surface area contributed by atoms with Gasteiger partial charge in [0.25, 0.3) is 0 Å². The fourth-order valence-electron chi connectivity index (χ4n) is 3.81. The molecule has 1 amide bonds. The fourth-order valence-corrected chi connectivity index (χ4v) is 5.46. The molecule has 0 bridgehead atoms. The molecule has 1 atom stereocenters. The number of piperidine rings is 1. The minimum absolute atomic E-state index is 0.112. The summed E-state index contributed by atoms with van der Waals surface area (Å²) in [6.07, 6.45) is 1.33. The van der Waals surface area contributed by atoms with Crippen molar-refractivity contribution < 1.29 is 13.2 Å². The summed E-state index contributed by atoms with van der Waals surface area (Å²) < 4.78 is 27.2. The third kappa shape index (κ3) is 4.51. The van der Waals surface area contributed by atoms with E-state index < -0.39 is 10.0 Å². The van der Waals surface area contributed by atoms with Crippen molar-refractivity contribution in [2.24, 2.45) is 5.92 Å². The van der Waals surface area contributed by atoms with Gasteiger partial charge in [-0.3, -0.25) is 4.79 Å². The predicted octanol–water partition coefficient (Wildman–Crippen LogP) is 4.21. The van der Waals surface area contributed by atoms with Crippen LogP contribution in [0, 0.1) is 5.92 Å². The largest absolute Gasteiger partial charge is 0.352 e. The molecule has 3 aromatic rings. The zero-order chi connectivity index (χ0) is 21.1. The molecule has 0 saturated carbocycles. The predicted molar refractivity (Wildman–Crippen MR) is 119 cm³/mol. The van der Waals surface area contributed by atoms with E-state index >= 15 is 0 Å². The van der Waals surface area contributed by atoms with E-state index in [0.717, 1.165) is 16.3 Å². The minimum atomic E-state index is -3.64. The molecule has 0 radical (unpaired) electrons. The van der Waals surface area contributed by atoms with Crippen LogP contribution in [0.5, 0.6) is 0 Å². The Labute approximate surface area is 181 Å². The summed E-state index contributed by atoms with van der Waals surface area (Å²) >= 11 is 5.87. The second-order valence-corrected chi connectivity index (χ2v) is 9.93. The summed E-state index contributed by atoms with van der Waals surface area (Å²) in [5, 5.41) is 5.74. The van der Waals surface area contributed by atoms with Gasteiger partial charge in [-0.25, -0.2) is 8.42 Å². The third-order valence-corrected chi connectivity index (χ3v) is 7.62. The SMILES string of the molecule is O=C(NCc1ccc2ccccc2c1)[C@H]1CCCN(S(=O)(=O)c2ccc(Cl)cc2)C1. The lowest BCUT2D eigenvalue weighted by molar-refractivity contribution is -0.126. The Kier molecular flexibility index (Phi) is 6.09. The van der Waals surface area contributed by atoms with E-state index in [4.69, 9.17) is 11.6 Å². The molecule has 0 unspecified atom stereocenters. The lowest BCUT2D eigenvalue weighted by Gasteiger charge is -2.31. The Balaban J connectivity index is 1.41. The molecule has 1 heterocycles. The molecule has 1 fully saturated rings. The number of nitrogens with zero attached hydrogens (tertiary/aromatic N) is 1. The molecule has 7 heteroatoms. The molecule has 1 aliphatic heterocycles. The van der Waals surface area contributed by atoms with Crippen LogP contribution in [0.25, 0.3) is 10.8 Å². The number of hydrogen-bond donors (Lipinski definition) is 1. The number of halogens is 1. The molecule has 4 rings (SSSR count). The maximum Gasteiger partial charge on any atom is 0.243 e. The smallest absolute Gasteiger partial charge is 0.243 e. The molecule has 3 aromatic carbocycles. The first-order valence-electron chi connectivity index (χ1n) is 9.94. The highest BCUT2D eigenvalue weighted by atomic mass is 35.5. The number of fused-ring (bicyclic) bond motifs is 1. The molecular formula is C23H23ClN2O3S. The molecule has 156 valence electrons. The van der Waals surface area contributed by atoms with Crippen molar-refractivity contribution in [2.75, 3.05) is 13.1 Å². The van der Waals surface area contributed by atoms with Crippen molar-refractivity contribution >= 4 is 38.3 Å². The topological polar surface area (TPSA) is 66.5 Å². The van der Waals surface area contributed by atoms with E-state index in [0.29, 0.717) is 31.0 Å². The Morgan fingerprint density at radius 1 is 1.03 bits per heavy atom. The molecule has 0 spiro atoms. The zero-order valence-electron chi connectivity index (χ0n) is 16.4. The molecule has 1 N–H and O–H groups in total. The maximum absolute atomic E-state index is 12.9. The first-order chi connectivity index (χ1) is 14.4. The van der Waals surface area contributed by atoms with Crippen LogP contribution in [0.3, 0.4) is 0 Å². The Morgan fingerprint density at radius 2 is 1.77 bits per heavy atom. The standard InChI is InChI=1S/C23H23ClN2O3S/c24-21-9-11-22(12-10-21)30(28,29)26-13-3-6-20(16-26)23(27)25-15-17-7-8-18-4-1-2-5-19(18)14-17/h1-2,4-5,7-12,14,20H,3,6,13,15-16H2,(H,25,27)/t20-/m0/s1. The molecular weight excluding hydrogens is 420 g/mol. The van der Waals surface area contributed by atoms with Gasteiger partial charge >= 0.3 is 0 Å². The average Bonchev–Trinajstić information content (AvgIpc) is 2.77. The number of carbonyl (C=O) groups is 1. The molecule has 1 saturated heterocycles. The van der Waals surface area contributed by atoms with Gasteiger partial charge in [-0.2, -0.15) is 4.31 Å². The number of hydrogen-bond acceptors (Lipinski definition) is 3. The van der Waals surface area contributed by atoms with Crippen LogP contribution < -0.4 is 5.32 Å². The van der Waals surface area contributed by atoms with Crippen LogP contribution in [-0.4, -0.2) is 31.7 Å². The van der Waals surface area contributed by atoms with Gasteiger partial charge in [0.1, 0.15) is 0 Å². The Morgan fingerprint density at radius 3 is 2.53 bits per heavy atom. The zero-order valence-corrected chi connectivity index (χ0v) is 18.0. The van der Waals surface area contributed by atoms with Crippen LogP contribution in [-0.2, 0) is 21.4 Å². The van der Waals surface area contributed by atoms with E-state index in [9.17, 15) is 13.2 Å². The normalized spacial score (nSPS) is 17.7. The summed E-state index contributed by atoms with van der Waals surface area (Å²) in [5.41, 5.74) is 1.02. The molecule has 30 heavy (non-hydrogen) atoms. The lowest BCUT2D eigenvalue weighted by atomic mass is 9.98. The molecule has 0 aromatic heterocycles. The van der Waals surface area contributed by atoms with E-state index in [-0.39, 0.29) is 23.3 Å². The monoisotopic (exact) mass is 442 g/mol. The number of carbonyl (C=O) groups excluding carboxylic acids is 1. The minimum Gasteiger partial charge on any atom is -0.352 e. The van der Waals surface area contributed by atoms with Crippen LogP contribution in [0.2, 0.25) is 5.02 Å². The first-order valence-corrected chi connectivity index (χ1v) is 11.8. The van der Waals surface area contributed by atoms with E-state index in [2.05, 4.69) is 17.4 Å². The van der Waals surface area contributed by atoms with Crippen LogP contribution in [0.4, 0.5) is 0 Å². The average molecular weight is 443 g/mol. The van der Waals surface area contributed by atoms with Gasteiger partial charge in [0.2, 0.25) is 15.9 Å². The number of sulfonamides is 1. The molecule has 5 nitrogen and oxygen atoms in total. The number of benzene rings is 3. The quantitative estimate of drug-likeness (QED) is 0.643. The first kappa shape index (κ1) is 20.8. The van der Waals surface area contributed by atoms with Crippen LogP contribution in [0.1, 0.15) is 18.4 Å². The van der Waals surface area contributed by atoms with Crippen molar-refractivity contribution in [1.82, 2.24) is 9.62 Å². The van der Waals surface area contributed by atoms with Gasteiger partial charge in [0, 0.05) is 24.7 Å². The molecule has 1 aliphatic rings. The van der Waals surface area contributed by atoms with Crippen molar-refractivity contribution in [2.45, 2.75) is 24.3 Å². The highest BCUT2D eigenvalue weighted by Crippen LogP contribution is 2.25. The number of nitrogens with one attached hydrogen (secondary N) is 1. The van der Waals surface area contributed by atoms with Crippen molar-refractivity contribution in [1.29, 1.82) is 0 Å². The van der Waals surface area contributed by atoms with E-state index in [1.54, 1.807) is 12.1 Å².